The largest absolute Gasteiger partial charge is 0.481 e. The Balaban J connectivity index is 1.48. The van der Waals surface area contributed by atoms with Gasteiger partial charge in [-0.25, -0.2) is 9.97 Å². The fraction of sp³-hybridized carbons (Fsp3) is 0.227. The first-order chi connectivity index (χ1) is 14.7. The fourth-order valence-electron chi connectivity index (χ4n) is 3.22. The van der Waals surface area contributed by atoms with E-state index in [0.29, 0.717) is 17.0 Å². The van der Waals surface area contributed by atoms with E-state index in [-0.39, 0.29) is 6.42 Å². The van der Waals surface area contributed by atoms with Gasteiger partial charge in [0.2, 0.25) is 0 Å². The van der Waals surface area contributed by atoms with Crippen molar-refractivity contribution in [2.75, 3.05) is 0 Å². The van der Waals surface area contributed by atoms with Gasteiger partial charge in [0, 0.05) is 16.9 Å². The predicted molar refractivity (Wildman–Crippen MR) is 116 cm³/mol. The molecular formula is C22H17F3N2O2S2. The van der Waals surface area contributed by atoms with Gasteiger partial charge in [0.1, 0.15) is 5.01 Å². The summed E-state index contributed by atoms with van der Waals surface area (Å²) in [6.07, 6.45) is -2.95. The van der Waals surface area contributed by atoms with E-state index in [4.69, 9.17) is 5.11 Å². The molecule has 0 atom stereocenters. The van der Waals surface area contributed by atoms with Crippen LogP contribution in [0.4, 0.5) is 13.2 Å². The van der Waals surface area contributed by atoms with Crippen LogP contribution in [-0.2, 0) is 30.2 Å². The molecule has 2 heterocycles. The number of carboxylic acids is 1. The second-order valence-corrected chi connectivity index (χ2v) is 9.28. The fourth-order valence-corrected chi connectivity index (χ4v) is 5.23. The van der Waals surface area contributed by atoms with Gasteiger partial charge in [0.25, 0.3) is 0 Å². The van der Waals surface area contributed by atoms with Crippen molar-refractivity contribution in [1.82, 2.24) is 9.97 Å². The number of aromatic nitrogens is 2. The molecule has 2 aromatic carbocycles. The van der Waals surface area contributed by atoms with E-state index >= 15 is 0 Å². The molecule has 0 spiro atoms. The monoisotopic (exact) mass is 462 g/mol. The Labute approximate surface area is 184 Å². The Morgan fingerprint density at radius 3 is 2.45 bits per heavy atom. The van der Waals surface area contributed by atoms with E-state index in [1.54, 1.807) is 11.3 Å². The van der Waals surface area contributed by atoms with E-state index < -0.39 is 17.7 Å². The van der Waals surface area contributed by atoms with Crippen LogP contribution < -0.4 is 0 Å². The summed E-state index contributed by atoms with van der Waals surface area (Å²) in [5, 5.41) is 10.6. The number of carbonyl (C=O) groups is 1. The minimum atomic E-state index is -4.35. The number of hydrogen-bond donors (Lipinski definition) is 1. The minimum absolute atomic E-state index is 0.0322. The smallest absolute Gasteiger partial charge is 0.416 e. The van der Waals surface area contributed by atoms with Crippen LogP contribution in [0, 0.1) is 6.92 Å². The molecule has 2 aromatic heterocycles. The van der Waals surface area contributed by atoms with Crippen molar-refractivity contribution in [3.05, 3.63) is 69.2 Å². The van der Waals surface area contributed by atoms with Gasteiger partial charge in [-0.15, -0.1) is 22.7 Å². The highest BCUT2D eigenvalue weighted by Crippen LogP contribution is 2.33. The summed E-state index contributed by atoms with van der Waals surface area (Å²) in [5.74, 6) is -0.876. The van der Waals surface area contributed by atoms with Gasteiger partial charge >= 0.3 is 12.1 Å². The first-order valence-electron chi connectivity index (χ1n) is 9.43. The number of aryl methyl sites for hydroxylation is 3. The maximum Gasteiger partial charge on any atom is 0.416 e. The molecule has 0 amide bonds. The third kappa shape index (κ3) is 4.94. The summed E-state index contributed by atoms with van der Waals surface area (Å²) in [7, 11) is 0. The zero-order valence-electron chi connectivity index (χ0n) is 16.4. The standard InChI is InChI=1S/C22H17F3N2O2S2/c1-12-17(31-21(26-12)14-3-5-15(6-4-14)22(23,24)25)8-9-19-27-16-10-13(11-20(28)29)2-7-18(16)30-19/h2-7,10H,8-9,11H2,1H3,(H,28,29). The summed E-state index contributed by atoms with van der Waals surface area (Å²) < 4.78 is 39.3. The molecule has 1 N–H and O–H groups in total. The van der Waals surface area contributed by atoms with Crippen LogP contribution in [-0.4, -0.2) is 21.0 Å². The number of benzene rings is 2. The van der Waals surface area contributed by atoms with Gasteiger partial charge in [-0.3, -0.25) is 4.79 Å². The molecule has 0 bridgehead atoms. The minimum Gasteiger partial charge on any atom is -0.481 e. The van der Waals surface area contributed by atoms with E-state index in [9.17, 15) is 18.0 Å². The van der Waals surface area contributed by atoms with Crippen molar-refractivity contribution in [1.29, 1.82) is 0 Å². The molecule has 160 valence electrons. The summed E-state index contributed by atoms with van der Waals surface area (Å²) >= 11 is 3.06. The zero-order chi connectivity index (χ0) is 22.2. The predicted octanol–water partition coefficient (Wildman–Crippen LogP) is 6.16. The van der Waals surface area contributed by atoms with Crippen LogP contribution in [0.2, 0.25) is 0 Å². The molecule has 4 aromatic rings. The number of thiazole rings is 2. The second-order valence-electron chi connectivity index (χ2n) is 7.08. The SMILES string of the molecule is Cc1nc(-c2ccc(C(F)(F)F)cc2)sc1CCc1nc2cc(CC(=O)O)ccc2s1. The molecule has 9 heteroatoms. The highest BCUT2D eigenvalue weighted by Gasteiger charge is 2.30. The van der Waals surface area contributed by atoms with Gasteiger partial charge in [-0.05, 0) is 43.2 Å². The average molecular weight is 463 g/mol. The first kappa shape index (κ1) is 21.5. The number of rotatable bonds is 6. The van der Waals surface area contributed by atoms with Gasteiger partial charge in [0.05, 0.1) is 32.9 Å². The van der Waals surface area contributed by atoms with Gasteiger partial charge in [-0.1, -0.05) is 18.2 Å². The zero-order valence-corrected chi connectivity index (χ0v) is 18.0. The Morgan fingerprint density at radius 1 is 1.03 bits per heavy atom. The van der Waals surface area contributed by atoms with Gasteiger partial charge in [-0.2, -0.15) is 13.2 Å². The van der Waals surface area contributed by atoms with E-state index in [2.05, 4.69) is 9.97 Å². The molecular weight excluding hydrogens is 445 g/mol. The summed E-state index contributed by atoms with van der Waals surface area (Å²) in [4.78, 5) is 21.1. The molecule has 0 aliphatic heterocycles. The third-order valence-electron chi connectivity index (χ3n) is 4.77. The lowest BCUT2D eigenvalue weighted by Crippen LogP contribution is -2.03. The number of nitrogens with zero attached hydrogens (tertiary/aromatic N) is 2. The summed E-state index contributed by atoms with van der Waals surface area (Å²) in [6, 6.07) is 10.6. The van der Waals surface area contributed by atoms with Crippen LogP contribution >= 0.6 is 22.7 Å². The number of alkyl halides is 3. The van der Waals surface area contributed by atoms with Crippen LogP contribution in [0.3, 0.4) is 0 Å². The first-order valence-corrected chi connectivity index (χ1v) is 11.1. The molecule has 0 saturated heterocycles. The van der Waals surface area contributed by atoms with Crippen molar-refractivity contribution in [2.45, 2.75) is 32.4 Å². The Morgan fingerprint density at radius 2 is 1.77 bits per heavy atom. The quantitative estimate of drug-likeness (QED) is 0.373. The highest BCUT2D eigenvalue weighted by atomic mass is 32.1. The normalized spacial score (nSPS) is 11.9. The Bertz CT molecular complexity index is 1240. The molecule has 0 aliphatic rings. The van der Waals surface area contributed by atoms with Crippen molar-refractivity contribution in [3.8, 4) is 10.6 Å². The van der Waals surface area contributed by atoms with Crippen molar-refractivity contribution >= 4 is 38.9 Å². The number of hydrogen-bond acceptors (Lipinski definition) is 5. The lowest BCUT2D eigenvalue weighted by molar-refractivity contribution is -0.138. The number of fused-ring (bicyclic) bond motifs is 1. The lowest BCUT2D eigenvalue weighted by atomic mass is 10.1. The lowest BCUT2D eigenvalue weighted by Gasteiger charge is -2.06. The van der Waals surface area contributed by atoms with Crippen LogP contribution in [0.1, 0.15) is 26.7 Å². The topological polar surface area (TPSA) is 63.1 Å². The highest BCUT2D eigenvalue weighted by molar-refractivity contribution is 7.18. The Kier molecular flexibility index (Phi) is 5.81. The van der Waals surface area contributed by atoms with Gasteiger partial charge in [0.15, 0.2) is 0 Å². The van der Waals surface area contributed by atoms with Crippen LogP contribution in [0.25, 0.3) is 20.8 Å². The number of aliphatic carboxylic acids is 1. The molecule has 0 radical (unpaired) electrons. The van der Waals surface area contributed by atoms with Crippen molar-refractivity contribution in [3.63, 3.8) is 0 Å². The molecule has 0 aliphatic carbocycles. The summed E-state index contributed by atoms with van der Waals surface area (Å²) in [6.45, 7) is 1.90. The number of halogens is 3. The maximum absolute atomic E-state index is 12.8. The molecule has 0 unspecified atom stereocenters. The van der Waals surface area contributed by atoms with Gasteiger partial charge < -0.3 is 5.11 Å². The van der Waals surface area contributed by atoms with Crippen LogP contribution in [0.15, 0.2) is 42.5 Å². The average Bonchev–Trinajstić information content (AvgIpc) is 3.28. The van der Waals surface area contributed by atoms with Crippen molar-refractivity contribution < 1.29 is 23.1 Å². The molecule has 31 heavy (non-hydrogen) atoms. The van der Waals surface area contributed by atoms with Crippen molar-refractivity contribution in [2.24, 2.45) is 0 Å². The third-order valence-corrected chi connectivity index (χ3v) is 7.13. The molecule has 0 saturated carbocycles. The molecule has 4 nitrogen and oxygen atoms in total. The van der Waals surface area contributed by atoms with E-state index in [1.807, 2.05) is 25.1 Å². The van der Waals surface area contributed by atoms with Crippen LogP contribution in [0.5, 0.6) is 0 Å². The maximum atomic E-state index is 12.8. The number of carboxylic acid groups (broad SMARTS) is 1. The Hall–Kier alpha value is -2.78. The van der Waals surface area contributed by atoms with E-state index in [1.165, 1.54) is 23.5 Å². The molecule has 4 rings (SSSR count). The summed E-state index contributed by atoms with van der Waals surface area (Å²) in [5.41, 5.74) is 2.37. The molecule has 0 fully saturated rings. The van der Waals surface area contributed by atoms with E-state index in [0.717, 1.165) is 49.9 Å². The second kappa shape index (κ2) is 8.39.